The average Bonchev–Trinajstić information content (AvgIpc) is 2.78. The van der Waals surface area contributed by atoms with E-state index in [0.717, 1.165) is 5.69 Å². The number of carbonyl (C=O) groups is 1. The van der Waals surface area contributed by atoms with Gasteiger partial charge in [0, 0.05) is 24.5 Å². The predicted molar refractivity (Wildman–Crippen MR) is 77.5 cm³/mol. The van der Waals surface area contributed by atoms with Gasteiger partial charge in [0.1, 0.15) is 0 Å². The highest BCUT2D eigenvalue weighted by atomic mass is 35.5. The summed E-state index contributed by atoms with van der Waals surface area (Å²) >= 11 is 11.8. The lowest BCUT2D eigenvalue weighted by Crippen LogP contribution is -2.23. The number of nitrogens with two attached hydrogens (primary N) is 1. The number of nitrogens with one attached hydrogen (secondary N) is 1. The Morgan fingerprint density at radius 2 is 2.00 bits per heavy atom. The minimum absolute atomic E-state index is 0.245. The number of aromatic nitrogens is 1. The third-order valence-electron chi connectivity index (χ3n) is 2.82. The zero-order valence-electron chi connectivity index (χ0n) is 10.3. The Hall–Kier alpha value is -1.65. The van der Waals surface area contributed by atoms with Gasteiger partial charge in [-0.05, 0) is 24.3 Å². The highest BCUT2D eigenvalue weighted by Crippen LogP contribution is 2.28. The molecule has 19 heavy (non-hydrogen) atoms. The van der Waals surface area contributed by atoms with Crippen molar-refractivity contribution in [2.75, 3.05) is 5.73 Å². The van der Waals surface area contributed by atoms with Crippen LogP contribution in [0.3, 0.4) is 0 Å². The van der Waals surface area contributed by atoms with E-state index in [1.54, 1.807) is 0 Å². The lowest BCUT2D eigenvalue weighted by atomic mass is 10.2. The minimum Gasteiger partial charge on any atom is -0.396 e. The molecule has 1 amide bonds. The summed E-state index contributed by atoms with van der Waals surface area (Å²) < 4.78 is 1.93. The Morgan fingerprint density at radius 3 is 2.53 bits per heavy atom. The van der Waals surface area contributed by atoms with Crippen LogP contribution in [0.25, 0.3) is 0 Å². The van der Waals surface area contributed by atoms with Crippen LogP contribution in [0.2, 0.25) is 10.0 Å². The summed E-state index contributed by atoms with van der Waals surface area (Å²) in [7, 11) is 1.92. The first-order valence-corrected chi connectivity index (χ1v) is 6.37. The molecule has 1 heterocycles. The molecule has 4 nitrogen and oxygen atoms in total. The monoisotopic (exact) mass is 297 g/mol. The largest absolute Gasteiger partial charge is 0.396 e. The second-order valence-corrected chi connectivity index (χ2v) is 4.96. The van der Waals surface area contributed by atoms with Crippen molar-refractivity contribution in [2.45, 2.75) is 6.54 Å². The van der Waals surface area contributed by atoms with Gasteiger partial charge in [0.15, 0.2) is 0 Å². The van der Waals surface area contributed by atoms with E-state index in [1.807, 2.05) is 29.9 Å². The summed E-state index contributed by atoms with van der Waals surface area (Å²) in [6, 6.07) is 6.86. The van der Waals surface area contributed by atoms with E-state index < -0.39 is 0 Å². The molecule has 0 spiro atoms. The van der Waals surface area contributed by atoms with Crippen LogP contribution in [0, 0.1) is 0 Å². The first kappa shape index (κ1) is 13.8. The Bertz CT molecular complexity index is 599. The summed E-state index contributed by atoms with van der Waals surface area (Å²) in [6.45, 7) is 0.432. The number of nitrogen functional groups attached to an aromatic ring is 1. The van der Waals surface area contributed by atoms with Crippen molar-refractivity contribution in [1.82, 2.24) is 9.88 Å². The number of hydrogen-bond donors (Lipinski definition) is 2. The van der Waals surface area contributed by atoms with E-state index in [4.69, 9.17) is 28.9 Å². The summed E-state index contributed by atoms with van der Waals surface area (Å²) in [4.78, 5) is 12.0. The molecule has 3 N–H and O–H groups in total. The van der Waals surface area contributed by atoms with Crippen molar-refractivity contribution < 1.29 is 4.79 Å². The van der Waals surface area contributed by atoms with Crippen molar-refractivity contribution in [3.63, 3.8) is 0 Å². The fourth-order valence-electron chi connectivity index (χ4n) is 1.67. The fourth-order valence-corrected chi connectivity index (χ4v) is 2.16. The van der Waals surface area contributed by atoms with E-state index in [1.165, 1.54) is 12.1 Å². The van der Waals surface area contributed by atoms with E-state index in [9.17, 15) is 4.79 Å². The number of benzene rings is 1. The highest BCUT2D eigenvalue weighted by molar-refractivity contribution is 6.39. The van der Waals surface area contributed by atoms with Gasteiger partial charge in [-0.2, -0.15) is 0 Å². The molecule has 0 radical (unpaired) electrons. The van der Waals surface area contributed by atoms with Crippen LogP contribution in [0.5, 0.6) is 0 Å². The zero-order valence-corrected chi connectivity index (χ0v) is 11.8. The Kier molecular flexibility index (Phi) is 4.02. The lowest BCUT2D eigenvalue weighted by molar-refractivity contribution is 0.0950. The molecule has 2 aromatic rings. The first-order chi connectivity index (χ1) is 8.99. The van der Waals surface area contributed by atoms with Crippen LogP contribution in [0.4, 0.5) is 5.69 Å². The number of anilines is 1. The Morgan fingerprint density at radius 1 is 1.37 bits per heavy atom. The fraction of sp³-hybridized carbons (Fsp3) is 0.154. The summed E-state index contributed by atoms with van der Waals surface area (Å²) in [5, 5.41) is 3.35. The van der Waals surface area contributed by atoms with E-state index >= 15 is 0 Å². The van der Waals surface area contributed by atoms with Crippen LogP contribution in [0.1, 0.15) is 16.1 Å². The van der Waals surface area contributed by atoms with Gasteiger partial charge >= 0.3 is 0 Å². The maximum Gasteiger partial charge on any atom is 0.251 e. The SMILES string of the molecule is Cn1cccc1CNC(=O)c1cc(Cl)c(N)c(Cl)c1. The molecule has 0 fully saturated rings. The van der Waals surface area contributed by atoms with Gasteiger partial charge in [0.2, 0.25) is 0 Å². The summed E-state index contributed by atoms with van der Waals surface area (Å²) in [6.07, 6.45) is 1.92. The molecule has 0 saturated carbocycles. The molecule has 0 atom stereocenters. The Labute approximate surface area is 121 Å². The van der Waals surface area contributed by atoms with Gasteiger partial charge in [-0.25, -0.2) is 0 Å². The topological polar surface area (TPSA) is 60.0 Å². The number of carbonyl (C=O) groups excluding carboxylic acids is 1. The molecule has 0 aliphatic carbocycles. The molecule has 0 unspecified atom stereocenters. The Balaban J connectivity index is 2.10. The average molecular weight is 298 g/mol. The highest BCUT2D eigenvalue weighted by Gasteiger charge is 2.11. The van der Waals surface area contributed by atoms with Gasteiger partial charge < -0.3 is 15.6 Å². The molecule has 0 aliphatic rings. The summed E-state index contributed by atoms with van der Waals surface area (Å²) in [5.74, 6) is -0.245. The van der Waals surface area contributed by atoms with Crippen molar-refractivity contribution in [2.24, 2.45) is 7.05 Å². The zero-order chi connectivity index (χ0) is 14.0. The van der Waals surface area contributed by atoms with Crippen LogP contribution in [-0.2, 0) is 13.6 Å². The maximum absolute atomic E-state index is 12.0. The van der Waals surface area contributed by atoms with Gasteiger partial charge in [-0.15, -0.1) is 0 Å². The van der Waals surface area contributed by atoms with Crippen molar-refractivity contribution in [1.29, 1.82) is 0 Å². The van der Waals surface area contributed by atoms with Crippen LogP contribution in [0.15, 0.2) is 30.5 Å². The lowest BCUT2D eigenvalue weighted by Gasteiger charge is -2.08. The van der Waals surface area contributed by atoms with E-state index in [2.05, 4.69) is 5.32 Å². The first-order valence-electron chi connectivity index (χ1n) is 5.62. The number of rotatable bonds is 3. The van der Waals surface area contributed by atoms with Crippen LogP contribution in [-0.4, -0.2) is 10.5 Å². The van der Waals surface area contributed by atoms with E-state index in [0.29, 0.717) is 12.1 Å². The van der Waals surface area contributed by atoms with Gasteiger partial charge in [-0.3, -0.25) is 4.79 Å². The molecule has 6 heteroatoms. The second-order valence-electron chi connectivity index (χ2n) is 4.15. The van der Waals surface area contributed by atoms with E-state index in [-0.39, 0.29) is 21.6 Å². The molecule has 100 valence electrons. The molecular formula is C13H13Cl2N3O. The quantitative estimate of drug-likeness (QED) is 0.856. The predicted octanol–water partition coefficient (Wildman–Crippen LogP) is 2.84. The number of halogens is 2. The van der Waals surface area contributed by atoms with Crippen molar-refractivity contribution in [3.05, 3.63) is 51.8 Å². The molecular weight excluding hydrogens is 285 g/mol. The standard InChI is InChI=1S/C13H13Cl2N3O/c1-18-4-2-3-9(18)7-17-13(19)8-5-10(14)12(16)11(15)6-8/h2-6H,7,16H2,1H3,(H,17,19). The maximum atomic E-state index is 12.0. The molecule has 2 rings (SSSR count). The molecule has 0 aliphatic heterocycles. The van der Waals surface area contributed by atoms with Gasteiger partial charge in [0.05, 0.1) is 22.3 Å². The van der Waals surface area contributed by atoms with Crippen LogP contribution >= 0.6 is 23.2 Å². The third-order valence-corrected chi connectivity index (χ3v) is 3.45. The molecule has 1 aromatic heterocycles. The normalized spacial score (nSPS) is 10.5. The molecule has 1 aromatic carbocycles. The third kappa shape index (κ3) is 3.03. The van der Waals surface area contributed by atoms with Crippen LogP contribution < -0.4 is 11.1 Å². The smallest absolute Gasteiger partial charge is 0.251 e. The number of nitrogens with zero attached hydrogens (tertiary/aromatic N) is 1. The minimum atomic E-state index is -0.245. The molecule has 0 saturated heterocycles. The number of aryl methyl sites for hydroxylation is 1. The molecule has 0 bridgehead atoms. The van der Waals surface area contributed by atoms with Gasteiger partial charge in [0.25, 0.3) is 5.91 Å². The number of hydrogen-bond acceptors (Lipinski definition) is 2. The second kappa shape index (κ2) is 5.55. The van der Waals surface area contributed by atoms with Crippen molar-refractivity contribution >= 4 is 34.8 Å². The summed E-state index contributed by atoms with van der Waals surface area (Å²) in [5.41, 5.74) is 7.29. The van der Waals surface area contributed by atoms with Crippen molar-refractivity contribution in [3.8, 4) is 0 Å². The van der Waals surface area contributed by atoms with Gasteiger partial charge in [-0.1, -0.05) is 23.2 Å². The number of amides is 1.